The summed E-state index contributed by atoms with van der Waals surface area (Å²) in [6.07, 6.45) is 3.52. The van der Waals surface area contributed by atoms with Crippen LogP contribution in [0.2, 0.25) is 5.02 Å². The van der Waals surface area contributed by atoms with E-state index in [0.717, 1.165) is 0 Å². The first-order valence-electron chi connectivity index (χ1n) is 7.25. The second-order valence-electron chi connectivity index (χ2n) is 4.85. The van der Waals surface area contributed by atoms with Crippen molar-refractivity contribution in [3.63, 3.8) is 0 Å². The van der Waals surface area contributed by atoms with Gasteiger partial charge in [0.1, 0.15) is 18.1 Å². The number of carboxylic acid groups (broad SMARTS) is 1. The van der Waals surface area contributed by atoms with Crippen molar-refractivity contribution in [2.24, 2.45) is 0 Å². The van der Waals surface area contributed by atoms with Gasteiger partial charge in [-0.2, -0.15) is 0 Å². The summed E-state index contributed by atoms with van der Waals surface area (Å²) in [5, 5.41) is 9.02. The maximum atomic E-state index is 11.3. The fraction of sp³-hybridized carbons (Fsp3) is 0.250. The van der Waals surface area contributed by atoms with Crippen LogP contribution >= 0.6 is 11.6 Å². The summed E-state index contributed by atoms with van der Waals surface area (Å²) in [4.78, 5) is 31.3. The number of anilines is 1. The number of rotatable bonds is 9. The quantitative estimate of drug-likeness (QED) is 0.679. The molecule has 1 aromatic heterocycles. The first-order valence-corrected chi connectivity index (χ1v) is 7.63. The van der Waals surface area contributed by atoms with Crippen LogP contribution in [0.3, 0.4) is 0 Å². The molecular weight excluding hydrogens is 350 g/mol. The first kappa shape index (κ1) is 18.5. The number of methoxy groups -OCH3 is 1. The molecule has 2 aromatic rings. The third-order valence-electron chi connectivity index (χ3n) is 3.21. The molecule has 1 heterocycles. The highest BCUT2D eigenvalue weighted by Gasteiger charge is 2.17. The number of nitrogens with zero attached hydrogens (tertiary/aromatic N) is 3. The molecule has 0 fully saturated rings. The zero-order valence-corrected chi connectivity index (χ0v) is 14.1. The second-order valence-corrected chi connectivity index (χ2v) is 5.26. The van der Waals surface area contributed by atoms with E-state index >= 15 is 0 Å². The number of carbonyl (C=O) groups is 2. The molecule has 2 rings (SSSR count). The monoisotopic (exact) mass is 365 g/mol. The van der Waals surface area contributed by atoms with E-state index in [0.29, 0.717) is 29.4 Å². The molecular formula is C16H16ClN3O5. The van der Waals surface area contributed by atoms with E-state index in [2.05, 4.69) is 9.97 Å². The lowest BCUT2D eigenvalue weighted by Crippen LogP contribution is -2.24. The van der Waals surface area contributed by atoms with Crippen molar-refractivity contribution in [1.29, 1.82) is 0 Å². The minimum atomic E-state index is -1.01. The number of carbonyl (C=O) groups excluding carboxylic acids is 1. The smallest absolute Gasteiger partial charge is 0.305 e. The predicted octanol–water partition coefficient (Wildman–Crippen LogP) is 2.16. The van der Waals surface area contributed by atoms with Gasteiger partial charge in [0.25, 0.3) is 0 Å². The van der Waals surface area contributed by atoms with Gasteiger partial charge in [-0.25, -0.2) is 9.97 Å². The Hall–Kier alpha value is -2.87. The van der Waals surface area contributed by atoms with Gasteiger partial charge >= 0.3 is 5.97 Å². The third kappa shape index (κ3) is 5.05. The summed E-state index contributed by atoms with van der Waals surface area (Å²) in [5.41, 5.74) is 0.354. The van der Waals surface area contributed by atoms with Crippen LogP contribution in [0.15, 0.2) is 30.6 Å². The number of ether oxygens (including phenoxy) is 2. The van der Waals surface area contributed by atoms with Crippen molar-refractivity contribution >= 4 is 29.7 Å². The van der Waals surface area contributed by atoms with Crippen LogP contribution in [0.4, 0.5) is 5.69 Å². The molecule has 9 heteroatoms. The van der Waals surface area contributed by atoms with Crippen LogP contribution in [-0.4, -0.2) is 41.1 Å². The van der Waals surface area contributed by atoms with Gasteiger partial charge in [-0.05, 0) is 12.1 Å². The van der Waals surface area contributed by atoms with Crippen molar-refractivity contribution in [2.75, 3.05) is 18.6 Å². The Bertz CT molecular complexity index is 742. The molecule has 0 saturated carbocycles. The van der Waals surface area contributed by atoms with Crippen LogP contribution in [0, 0.1) is 0 Å². The van der Waals surface area contributed by atoms with Crippen molar-refractivity contribution in [3.8, 4) is 11.5 Å². The van der Waals surface area contributed by atoms with Crippen LogP contribution in [0.25, 0.3) is 0 Å². The number of halogens is 1. The Kier molecular flexibility index (Phi) is 6.53. The normalized spacial score (nSPS) is 10.2. The van der Waals surface area contributed by atoms with Crippen molar-refractivity contribution < 1.29 is 24.2 Å². The molecule has 0 aliphatic carbocycles. The largest absolute Gasteiger partial charge is 0.494 e. The van der Waals surface area contributed by atoms with Crippen molar-refractivity contribution in [3.05, 3.63) is 41.4 Å². The first-order chi connectivity index (χ1) is 12.0. The van der Waals surface area contributed by atoms with Crippen molar-refractivity contribution in [1.82, 2.24) is 9.97 Å². The van der Waals surface area contributed by atoms with Gasteiger partial charge in [0.2, 0.25) is 6.41 Å². The van der Waals surface area contributed by atoms with E-state index in [1.807, 2.05) is 0 Å². The average molecular weight is 366 g/mol. The number of carboxylic acids is 1. The van der Waals surface area contributed by atoms with Gasteiger partial charge in [-0.3, -0.25) is 9.59 Å². The Labute approximate surface area is 149 Å². The third-order valence-corrected chi connectivity index (χ3v) is 3.51. The van der Waals surface area contributed by atoms with Gasteiger partial charge < -0.3 is 19.5 Å². The summed E-state index contributed by atoms with van der Waals surface area (Å²) >= 11 is 6.21. The molecule has 0 aliphatic heterocycles. The van der Waals surface area contributed by atoms with E-state index in [4.69, 9.17) is 26.2 Å². The Morgan fingerprint density at radius 1 is 1.32 bits per heavy atom. The zero-order valence-electron chi connectivity index (χ0n) is 13.4. The molecule has 0 bridgehead atoms. The lowest BCUT2D eigenvalue weighted by atomic mass is 10.2. The van der Waals surface area contributed by atoms with Gasteiger partial charge in [0, 0.05) is 25.0 Å². The van der Waals surface area contributed by atoms with Gasteiger partial charge in [0.05, 0.1) is 24.2 Å². The van der Waals surface area contributed by atoms with Crippen LogP contribution in [-0.2, 0) is 16.2 Å². The molecule has 0 spiro atoms. The maximum Gasteiger partial charge on any atom is 0.305 e. The van der Waals surface area contributed by atoms with E-state index in [1.54, 1.807) is 18.5 Å². The molecule has 1 N–H and O–H groups in total. The fourth-order valence-corrected chi connectivity index (χ4v) is 2.23. The topological polar surface area (TPSA) is 102 Å². The average Bonchev–Trinajstić information content (AvgIpc) is 2.62. The minimum Gasteiger partial charge on any atom is -0.494 e. The molecule has 0 saturated heterocycles. The van der Waals surface area contributed by atoms with Gasteiger partial charge in [0.15, 0.2) is 5.82 Å². The fourth-order valence-electron chi connectivity index (χ4n) is 2.02. The zero-order chi connectivity index (χ0) is 18.2. The van der Waals surface area contributed by atoms with Crippen LogP contribution in [0.1, 0.15) is 12.2 Å². The molecule has 0 unspecified atom stereocenters. The highest BCUT2D eigenvalue weighted by Crippen LogP contribution is 2.38. The molecule has 132 valence electrons. The lowest BCUT2D eigenvalue weighted by molar-refractivity contribution is -0.136. The van der Waals surface area contributed by atoms with Gasteiger partial charge in [-0.15, -0.1) is 0 Å². The Morgan fingerprint density at radius 3 is 2.64 bits per heavy atom. The molecule has 0 radical (unpaired) electrons. The minimum absolute atomic E-state index is 0.0103. The molecule has 0 aliphatic rings. The summed E-state index contributed by atoms with van der Waals surface area (Å²) in [5.74, 6) is 0.127. The number of amides is 1. The molecule has 1 aromatic carbocycles. The number of aliphatic carboxylic acids is 1. The number of benzene rings is 1. The molecule has 0 atom stereocenters. The number of aromatic nitrogens is 2. The van der Waals surface area contributed by atoms with Crippen LogP contribution in [0.5, 0.6) is 11.5 Å². The summed E-state index contributed by atoms with van der Waals surface area (Å²) in [6, 6.07) is 4.70. The van der Waals surface area contributed by atoms with Gasteiger partial charge in [-0.1, -0.05) is 11.6 Å². The number of hydrogen-bond acceptors (Lipinski definition) is 6. The lowest BCUT2D eigenvalue weighted by Gasteiger charge is -2.21. The number of hydrogen-bond donors (Lipinski definition) is 1. The highest BCUT2D eigenvalue weighted by molar-refractivity contribution is 6.32. The van der Waals surface area contributed by atoms with E-state index in [9.17, 15) is 9.59 Å². The predicted molar refractivity (Wildman–Crippen MR) is 90.0 cm³/mol. The van der Waals surface area contributed by atoms with Crippen molar-refractivity contribution in [2.45, 2.75) is 13.0 Å². The standard InChI is InChI=1S/C16H16ClN3O5/c1-24-14-8-13(25-9-15-18-4-2-5-19-15)11(17)7-12(14)20(10-21)6-3-16(22)23/h2,4-5,7-8,10H,3,6,9H2,1H3,(H,22,23). The summed E-state index contributed by atoms with van der Waals surface area (Å²) < 4.78 is 10.9. The Balaban J connectivity index is 2.21. The maximum absolute atomic E-state index is 11.3. The molecule has 25 heavy (non-hydrogen) atoms. The second kappa shape index (κ2) is 8.84. The van der Waals surface area contributed by atoms with E-state index in [-0.39, 0.29) is 24.6 Å². The SMILES string of the molecule is COc1cc(OCc2ncccn2)c(Cl)cc1N(C=O)CCC(=O)O. The van der Waals surface area contributed by atoms with E-state index in [1.165, 1.54) is 24.1 Å². The summed E-state index contributed by atoms with van der Waals surface area (Å²) in [6.45, 7) is 0.100. The summed E-state index contributed by atoms with van der Waals surface area (Å²) in [7, 11) is 1.43. The highest BCUT2D eigenvalue weighted by atomic mass is 35.5. The Morgan fingerprint density at radius 2 is 2.04 bits per heavy atom. The molecule has 1 amide bonds. The van der Waals surface area contributed by atoms with Crippen LogP contribution < -0.4 is 14.4 Å². The molecule has 8 nitrogen and oxygen atoms in total. The van der Waals surface area contributed by atoms with E-state index < -0.39 is 5.97 Å².